The molecule has 0 amide bonds. The molecule has 6 aromatic carbocycles. The van der Waals surface area contributed by atoms with Gasteiger partial charge in [0.2, 0.25) is 0 Å². The molecule has 0 bridgehead atoms. The molecule has 0 saturated carbocycles. The summed E-state index contributed by atoms with van der Waals surface area (Å²) in [6, 6.07) is 17.7. The summed E-state index contributed by atoms with van der Waals surface area (Å²) in [5, 5.41) is 83.3. The number of rotatable bonds is 6. The summed E-state index contributed by atoms with van der Waals surface area (Å²) >= 11 is 11.4. The number of phenols is 2. The van der Waals surface area contributed by atoms with E-state index in [1.54, 1.807) is 0 Å². The molecule has 53 heavy (non-hydrogen) atoms. The van der Waals surface area contributed by atoms with Crippen LogP contribution in [0.3, 0.4) is 0 Å². The van der Waals surface area contributed by atoms with Crippen molar-refractivity contribution in [2.75, 3.05) is 0 Å². The minimum Gasteiger partial charge on any atom is -0.871 e. The first-order chi connectivity index (χ1) is 24.4. The van der Waals surface area contributed by atoms with Gasteiger partial charge in [0.05, 0.1) is 32.5 Å². The predicted molar refractivity (Wildman–Crippen MR) is 180 cm³/mol. The number of phenolic OH excluding ortho intramolecular Hbond substituents is 2. The van der Waals surface area contributed by atoms with E-state index in [2.05, 4.69) is 20.5 Å². The zero-order valence-electron chi connectivity index (χ0n) is 28.8. The molecule has 0 aromatic heterocycles. The maximum Gasteiger partial charge on any atom is 3.00 e. The molecule has 0 spiro atoms. The molecular weight excluding hydrogens is 819 g/mol. The average Bonchev–Trinajstić information content (AvgIpc) is 3.06. The molecular formula is C32H19Cl2CrN4O12S2. The molecule has 0 aliphatic rings. The number of azo groups is 2. The van der Waals surface area contributed by atoms with E-state index in [0.29, 0.717) is 10.8 Å². The number of hydrogen-bond donors (Lipinski definition) is 2. The number of aromatic hydroxyl groups is 2. The molecule has 6 aromatic rings. The third kappa shape index (κ3) is 8.88. The van der Waals surface area contributed by atoms with Crippen LogP contribution in [0, 0.1) is 0 Å². The predicted octanol–water partition coefficient (Wildman–Crippen LogP) is 5.67. The molecule has 0 heterocycles. The van der Waals surface area contributed by atoms with Gasteiger partial charge in [-0.1, -0.05) is 70.5 Å². The van der Waals surface area contributed by atoms with E-state index in [1.165, 1.54) is 60.7 Å². The smallest absolute Gasteiger partial charge is 0.871 e. The maximum atomic E-state index is 12.4. The van der Waals surface area contributed by atoms with Crippen molar-refractivity contribution in [3.8, 4) is 34.5 Å². The first-order valence-electron chi connectivity index (χ1n) is 14.0. The quantitative estimate of drug-likeness (QED) is 0.152. The zero-order chi connectivity index (χ0) is 38.1. The summed E-state index contributed by atoms with van der Waals surface area (Å²) in [6.07, 6.45) is 0. The summed E-state index contributed by atoms with van der Waals surface area (Å²) in [7, 11) is -10.1. The molecule has 6 rings (SSSR count). The molecule has 0 aliphatic carbocycles. The molecule has 16 nitrogen and oxygen atoms in total. The van der Waals surface area contributed by atoms with E-state index in [9.17, 15) is 56.6 Å². The second kappa shape index (κ2) is 15.8. The van der Waals surface area contributed by atoms with Gasteiger partial charge in [-0.05, 0) is 71.4 Å². The molecule has 2 N–H and O–H groups in total. The Morgan fingerprint density at radius 1 is 0.491 bits per heavy atom. The van der Waals surface area contributed by atoms with Crippen LogP contribution in [-0.4, -0.2) is 36.2 Å². The maximum absolute atomic E-state index is 12.4. The van der Waals surface area contributed by atoms with Crippen molar-refractivity contribution in [3.63, 3.8) is 0 Å². The SMILES string of the molecule is O=S(=O)([O-])c1cc(Cl)cc(N=Nc2ccc3c(O)cccc3c2[O-])c1[O-].O=S(=O)([O-])c1cc(Cl)cc(N=Nc2ccc3c(O)cccc3c2[O-])c1[O-].[Cr+3].[H+].[H+].[H+]. The summed E-state index contributed by atoms with van der Waals surface area (Å²) < 4.78 is 66.6. The number of fused-ring (bicyclic) bond motifs is 2. The standard InChI is InChI=1S/2C16H11ClN2O6S.Cr/c2*17-8-6-12(16(22)14(7-8)26(23,24)25)19-18-11-5-4-9-10(15(11)21)2-1-3-13(9)20;/h2*1-7,20-22H,(H,23,24,25);/q;;+3/p-3. The van der Waals surface area contributed by atoms with Crippen molar-refractivity contribution in [1.82, 2.24) is 0 Å². The van der Waals surface area contributed by atoms with Gasteiger partial charge < -0.3 is 39.7 Å². The fourth-order valence-electron chi connectivity index (χ4n) is 4.61. The first kappa shape index (κ1) is 40.5. The van der Waals surface area contributed by atoms with E-state index in [-0.39, 0.29) is 65.3 Å². The minimum atomic E-state index is -5.04. The van der Waals surface area contributed by atoms with Crippen LogP contribution in [-0.2, 0) is 37.6 Å². The largest absolute Gasteiger partial charge is 3.00 e. The Hall–Kier alpha value is -5.23. The van der Waals surface area contributed by atoms with Crippen molar-refractivity contribution in [2.24, 2.45) is 20.5 Å². The van der Waals surface area contributed by atoms with Crippen molar-refractivity contribution < 1.29 is 78.2 Å². The topological polar surface area (TPSA) is 297 Å². The Kier molecular flexibility index (Phi) is 12.1. The molecule has 1 radical (unpaired) electrons. The van der Waals surface area contributed by atoms with Crippen LogP contribution in [0.2, 0.25) is 10.0 Å². The summed E-state index contributed by atoms with van der Waals surface area (Å²) in [5.41, 5.74) is -1.28. The fraction of sp³-hybridized carbons (Fsp3) is 0. The Balaban J connectivity index is 0.000000523. The Labute approximate surface area is 324 Å². The second-order valence-electron chi connectivity index (χ2n) is 10.4. The van der Waals surface area contributed by atoms with Gasteiger partial charge in [-0.25, -0.2) is 16.8 Å². The van der Waals surface area contributed by atoms with Crippen LogP contribution in [0.5, 0.6) is 34.5 Å². The summed E-state index contributed by atoms with van der Waals surface area (Å²) in [6.45, 7) is 0. The van der Waals surface area contributed by atoms with Crippen molar-refractivity contribution in [1.29, 1.82) is 0 Å². The Morgan fingerprint density at radius 2 is 0.830 bits per heavy atom. The van der Waals surface area contributed by atoms with Crippen molar-refractivity contribution in [2.45, 2.75) is 9.79 Å². The molecule has 271 valence electrons. The molecule has 0 atom stereocenters. The monoisotopic (exact) mass is 837 g/mol. The third-order valence-electron chi connectivity index (χ3n) is 7.01. The summed E-state index contributed by atoms with van der Waals surface area (Å²) in [4.78, 5) is -2.10. The van der Waals surface area contributed by atoms with Gasteiger partial charge in [-0.15, -0.1) is 0 Å². The van der Waals surface area contributed by atoms with Gasteiger partial charge in [0.15, 0.2) is 0 Å². The minimum absolute atomic E-state index is 0. The zero-order valence-corrected chi connectivity index (χ0v) is 30.2. The van der Waals surface area contributed by atoms with E-state index in [0.717, 1.165) is 24.3 Å². The average molecular weight is 839 g/mol. The van der Waals surface area contributed by atoms with Gasteiger partial charge in [0.1, 0.15) is 31.7 Å². The number of hydrogen-bond acceptors (Lipinski definition) is 16. The number of halogens is 2. The third-order valence-corrected chi connectivity index (χ3v) is 9.13. The Morgan fingerprint density at radius 3 is 1.17 bits per heavy atom. The van der Waals surface area contributed by atoms with Crippen LogP contribution in [0.1, 0.15) is 4.28 Å². The number of nitrogens with zero attached hydrogens (tertiary/aromatic N) is 4. The Bertz CT molecular complexity index is 2530. The van der Waals surface area contributed by atoms with E-state index >= 15 is 0 Å². The van der Waals surface area contributed by atoms with Crippen molar-refractivity contribution >= 4 is 87.7 Å². The normalized spacial score (nSPS) is 11.8. The second-order valence-corrected chi connectivity index (χ2v) is 14.0. The molecule has 0 unspecified atom stereocenters. The molecule has 0 saturated heterocycles. The molecule has 21 heteroatoms. The van der Waals surface area contributed by atoms with Gasteiger partial charge in [0, 0.05) is 20.8 Å². The fourth-order valence-corrected chi connectivity index (χ4v) is 6.37. The molecule has 0 fully saturated rings. The molecule has 0 aliphatic heterocycles. The first-order valence-corrected chi connectivity index (χ1v) is 17.5. The van der Waals surface area contributed by atoms with E-state index < -0.39 is 64.4 Å². The van der Waals surface area contributed by atoms with Crippen LogP contribution >= 0.6 is 23.2 Å². The van der Waals surface area contributed by atoms with E-state index in [1.807, 2.05) is 0 Å². The van der Waals surface area contributed by atoms with Crippen molar-refractivity contribution in [3.05, 3.63) is 95.0 Å². The van der Waals surface area contributed by atoms with Gasteiger partial charge in [0.25, 0.3) is 0 Å². The summed E-state index contributed by atoms with van der Waals surface area (Å²) in [5.74, 6) is -3.59. The van der Waals surface area contributed by atoms with E-state index in [4.69, 9.17) is 23.2 Å². The number of benzene rings is 6. The van der Waals surface area contributed by atoms with Crippen LogP contribution < -0.4 is 20.4 Å². The van der Waals surface area contributed by atoms with Gasteiger partial charge in [-0.3, -0.25) is 0 Å². The van der Waals surface area contributed by atoms with Crippen LogP contribution in [0.4, 0.5) is 22.7 Å². The van der Waals surface area contributed by atoms with Crippen LogP contribution in [0.15, 0.2) is 115 Å². The van der Waals surface area contributed by atoms with Gasteiger partial charge in [-0.2, -0.15) is 20.5 Å². The van der Waals surface area contributed by atoms with Gasteiger partial charge >= 0.3 is 21.6 Å². The van der Waals surface area contributed by atoms with Crippen LogP contribution in [0.25, 0.3) is 21.5 Å².